The van der Waals surface area contributed by atoms with Gasteiger partial charge >= 0.3 is 0 Å². The molecular weight excluding hydrogens is 368 g/mol. The van der Waals surface area contributed by atoms with Crippen molar-refractivity contribution in [3.63, 3.8) is 0 Å². The zero-order valence-electron chi connectivity index (χ0n) is 17.6. The molecule has 0 radical (unpaired) electrons. The molecule has 1 saturated carbocycles. The Labute approximate surface area is 172 Å². The van der Waals surface area contributed by atoms with E-state index in [0.29, 0.717) is 32.1 Å². The number of aryl methyl sites for hydroxylation is 1. The normalized spacial score (nSPS) is 21.7. The zero-order valence-corrected chi connectivity index (χ0v) is 17.6. The highest BCUT2D eigenvalue weighted by molar-refractivity contribution is 5.79. The molecule has 8 heteroatoms. The van der Waals surface area contributed by atoms with Gasteiger partial charge in [0.25, 0.3) is 0 Å². The summed E-state index contributed by atoms with van der Waals surface area (Å²) < 4.78 is 8.09. The average molecular weight is 401 g/mol. The predicted molar refractivity (Wildman–Crippen MR) is 111 cm³/mol. The number of amides is 1. The van der Waals surface area contributed by atoms with E-state index in [4.69, 9.17) is 4.74 Å². The SMILES string of the molecule is CCCO[C@@H]1C[C@@H](C(=O)N(CC)Cc2nccn2C)CC[C@H]1Nc1ncccn1. The number of hydrogen-bond acceptors (Lipinski definition) is 6. The van der Waals surface area contributed by atoms with Gasteiger partial charge in [-0.1, -0.05) is 6.92 Å². The van der Waals surface area contributed by atoms with Gasteiger partial charge in [0.05, 0.1) is 18.7 Å². The van der Waals surface area contributed by atoms with Crippen LogP contribution in [0.5, 0.6) is 0 Å². The Morgan fingerprint density at radius 2 is 2.03 bits per heavy atom. The van der Waals surface area contributed by atoms with Crippen LogP contribution in [-0.2, 0) is 23.1 Å². The lowest BCUT2D eigenvalue weighted by Gasteiger charge is -2.37. The Balaban J connectivity index is 1.65. The molecule has 3 atom stereocenters. The Hall–Kier alpha value is -2.48. The lowest BCUT2D eigenvalue weighted by atomic mass is 9.82. The Morgan fingerprint density at radius 1 is 1.24 bits per heavy atom. The lowest BCUT2D eigenvalue weighted by molar-refractivity contribution is -0.139. The van der Waals surface area contributed by atoms with Crippen molar-refractivity contribution in [1.29, 1.82) is 0 Å². The van der Waals surface area contributed by atoms with Gasteiger partial charge in [0.1, 0.15) is 5.82 Å². The van der Waals surface area contributed by atoms with Crippen LogP contribution >= 0.6 is 0 Å². The molecule has 0 saturated heterocycles. The van der Waals surface area contributed by atoms with Crippen molar-refractivity contribution in [2.75, 3.05) is 18.5 Å². The van der Waals surface area contributed by atoms with E-state index in [9.17, 15) is 4.79 Å². The summed E-state index contributed by atoms with van der Waals surface area (Å²) in [5, 5.41) is 3.40. The summed E-state index contributed by atoms with van der Waals surface area (Å²) in [5.41, 5.74) is 0. The molecule has 1 amide bonds. The Morgan fingerprint density at radius 3 is 2.69 bits per heavy atom. The molecule has 0 bridgehead atoms. The maximum Gasteiger partial charge on any atom is 0.226 e. The van der Waals surface area contributed by atoms with E-state index in [1.54, 1.807) is 24.7 Å². The van der Waals surface area contributed by atoms with E-state index in [2.05, 4.69) is 27.2 Å². The van der Waals surface area contributed by atoms with Crippen molar-refractivity contribution in [2.24, 2.45) is 13.0 Å². The quantitative estimate of drug-likeness (QED) is 0.696. The highest BCUT2D eigenvalue weighted by Gasteiger charge is 2.36. The molecular formula is C21H32N6O2. The number of carbonyl (C=O) groups excluding carboxylic acids is 1. The fraction of sp³-hybridized carbons (Fsp3) is 0.619. The van der Waals surface area contributed by atoms with Gasteiger partial charge in [-0.15, -0.1) is 0 Å². The molecule has 2 aromatic rings. The van der Waals surface area contributed by atoms with E-state index in [1.807, 2.05) is 29.6 Å². The minimum absolute atomic E-state index is 0.0340. The van der Waals surface area contributed by atoms with Crippen molar-refractivity contribution in [2.45, 2.75) is 58.2 Å². The second-order valence-electron chi connectivity index (χ2n) is 7.55. The Kier molecular flexibility index (Phi) is 7.57. The monoisotopic (exact) mass is 400 g/mol. The maximum absolute atomic E-state index is 13.2. The smallest absolute Gasteiger partial charge is 0.226 e. The summed E-state index contributed by atoms with van der Waals surface area (Å²) in [6.45, 7) is 6.01. The third-order valence-electron chi connectivity index (χ3n) is 5.50. The molecule has 0 aromatic carbocycles. The van der Waals surface area contributed by atoms with E-state index in [1.165, 1.54) is 0 Å². The number of ether oxygens (including phenoxy) is 1. The molecule has 2 aromatic heterocycles. The van der Waals surface area contributed by atoms with Crippen LogP contribution in [0.1, 0.15) is 45.4 Å². The second-order valence-corrected chi connectivity index (χ2v) is 7.55. The summed E-state index contributed by atoms with van der Waals surface area (Å²) in [6.07, 6.45) is 10.4. The molecule has 1 aliphatic carbocycles. The first kappa shape index (κ1) is 21.2. The van der Waals surface area contributed by atoms with E-state index in [0.717, 1.165) is 25.1 Å². The maximum atomic E-state index is 13.2. The number of anilines is 1. The minimum Gasteiger partial charge on any atom is -0.376 e. The molecule has 0 spiro atoms. The molecule has 2 heterocycles. The van der Waals surface area contributed by atoms with Gasteiger partial charge < -0.3 is 19.5 Å². The third-order valence-corrected chi connectivity index (χ3v) is 5.50. The van der Waals surface area contributed by atoms with E-state index in [-0.39, 0.29) is 24.0 Å². The number of carbonyl (C=O) groups is 1. The molecule has 8 nitrogen and oxygen atoms in total. The van der Waals surface area contributed by atoms with Crippen LogP contribution in [0.4, 0.5) is 5.95 Å². The summed E-state index contributed by atoms with van der Waals surface area (Å²) >= 11 is 0. The summed E-state index contributed by atoms with van der Waals surface area (Å²) in [4.78, 5) is 28.0. The van der Waals surface area contributed by atoms with E-state index >= 15 is 0 Å². The van der Waals surface area contributed by atoms with Crippen LogP contribution in [-0.4, -0.2) is 55.6 Å². The van der Waals surface area contributed by atoms with Gasteiger partial charge in [-0.2, -0.15) is 0 Å². The fourth-order valence-corrected chi connectivity index (χ4v) is 3.83. The molecule has 29 heavy (non-hydrogen) atoms. The number of nitrogens with one attached hydrogen (secondary N) is 1. The first-order valence-electron chi connectivity index (χ1n) is 10.5. The summed E-state index contributed by atoms with van der Waals surface area (Å²) in [6, 6.07) is 1.91. The van der Waals surface area contributed by atoms with Gasteiger partial charge in [-0.05, 0) is 38.7 Å². The number of aromatic nitrogens is 4. The zero-order chi connectivity index (χ0) is 20.6. The summed E-state index contributed by atoms with van der Waals surface area (Å²) in [7, 11) is 1.96. The molecule has 1 fully saturated rings. The van der Waals surface area contributed by atoms with Gasteiger partial charge in [0.2, 0.25) is 11.9 Å². The van der Waals surface area contributed by atoms with Crippen LogP contribution in [0.25, 0.3) is 0 Å². The van der Waals surface area contributed by atoms with Crippen LogP contribution in [0.2, 0.25) is 0 Å². The second kappa shape index (κ2) is 10.3. The first-order chi connectivity index (χ1) is 14.1. The van der Waals surface area contributed by atoms with Gasteiger partial charge in [-0.3, -0.25) is 4.79 Å². The van der Waals surface area contributed by atoms with Gasteiger partial charge in [-0.25, -0.2) is 15.0 Å². The highest BCUT2D eigenvalue weighted by atomic mass is 16.5. The predicted octanol–water partition coefficient (Wildman–Crippen LogP) is 2.63. The largest absolute Gasteiger partial charge is 0.376 e. The standard InChI is InChI=1S/C21H32N6O2/c1-4-13-29-18-14-16(7-8-17(18)25-21-23-9-6-10-24-21)20(28)27(5-2)15-19-22-11-12-26(19)3/h6,9-12,16-18H,4-5,7-8,13-15H2,1-3H3,(H,23,24,25)/t16-,17+,18+/m0/s1. The van der Waals surface area contributed by atoms with E-state index < -0.39 is 0 Å². The van der Waals surface area contributed by atoms with Crippen LogP contribution in [0.3, 0.4) is 0 Å². The molecule has 0 unspecified atom stereocenters. The van der Waals surface area contributed by atoms with Crippen molar-refractivity contribution in [1.82, 2.24) is 24.4 Å². The van der Waals surface area contributed by atoms with Crippen molar-refractivity contribution in [3.8, 4) is 0 Å². The summed E-state index contributed by atoms with van der Waals surface area (Å²) in [5.74, 6) is 1.66. The highest BCUT2D eigenvalue weighted by Crippen LogP contribution is 2.30. The van der Waals surface area contributed by atoms with Crippen LogP contribution in [0, 0.1) is 5.92 Å². The number of rotatable bonds is 9. The van der Waals surface area contributed by atoms with Crippen molar-refractivity contribution in [3.05, 3.63) is 36.7 Å². The molecule has 1 N–H and O–H groups in total. The van der Waals surface area contributed by atoms with Crippen LogP contribution < -0.4 is 5.32 Å². The number of imidazole rings is 1. The number of hydrogen-bond donors (Lipinski definition) is 1. The third kappa shape index (κ3) is 5.53. The van der Waals surface area contributed by atoms with Crippen LogP contribution in [0.15, 0.2) is 30.9 Å². The molecule has 3 rings (SSSR count). The van der Waals surface area contributed by atoms with Crippen molar-refractivity contribution < 1.29 is 9.53 Å². The minimum atomic E-state index is -0.0354. The first-order valence-corrected chi connectivity index (χ1v) is 10.5. The van der Waals surface area contributed by atoms with Crippen molar-refractivity contribution >= 4 is 11.9 Å². The topological polar surface area (TPSA) is 85.2 Å². The molecule has 1 aliphatic rings. The molecule has 158 valence electrons. The number of nitrogens with zero attached hydrogens (tertiary/aromatic N) is 5. The van der Waals surface area contributed by atoms with Gasteiger partial charge in [0, 0.05) is 50.9 Å². The Bertz CT molecular complexity index is 766. The lowest BCUT2D eigenvalue weighted by Crippen LogP contribution is -2.46. The van der Waals surface area contributed by atoms with Gasteiger partial charge in [0.15, 0.2) is 0 Å². The average Bonchev–Trinajstić information content (AvgIpc) is 3.16. The molecule has 0 aliphatic heterocycles. The fourth-order valence-electron chi connectivity index (χ4n) is 3.83.